The van der Waals surface area contributed by atoms with Crippen molar-refractivity contribution in [1.82, 2.24) is 10.2 Å². The van der Waals surface area contributed by atoms with Gasteiger partial charge in [0, 0.05) is 42.5 Å². The Morgan fingerprint density at radius 2 is 1.50 bits per heavy atom. The van der Waals surface area contributed by atoms with E-state index in [0.29, 0.717) is 33.8 Å². The predicted octanol–water partition coefficient (Wildman–Crippen LogP) is 4.43. The molecule has 0 amide bonds. The molecule has 3 aromatic rings. The van der Waals surface area contributed by atoms with Crippen LogP contribution in [0, 0.1) is 18.8 Å². The Bertz CT molecular complexity index is 1460. The number of Topliss-reactive ketones (excluding diaryl/α,β-unsaturated/α-hetero) is 1. The SMILES string of the molecule is CCOC(=O)[C@@H]1C(=O)C2=C(c3c(n[nH]c3C)N[C@@H]2c2ccc(N(C)C)cc2)[C@@H](C(=O)OCC)[C@@H]1c1ccccc1. The lowest BCUT2D eigenvalue weighted by atomic mass is 9.61. The van der Waals surface area contributed by atoms with Crippen LogP contribution in [0.25, 0.3) is 5.57 Å². The minimum atomic E-state index is -1.23. The second-order valence-electron chi connectivity index (χ2n) is 10.2. The number of aromatic nitrogens is 2. The van der Waals surface area contributed by atoms with Crippen molar-refractivity contribution in [3.8, 4) is 0 Å². The second kappa shape index (κ2) is 11.0. The summed E-state index contributed by atoms with van der Waals surface area (Å²) in [5.74, 6) is -3.97. The number of anilines is 2. The van der Waals surface area contributed by atoms with E-state index >= 15 is 0 Å². The van der Waals surface area contributed by atoms with Crippen molar-refractivity contribution in [3.05, 3.63) is 82.6 Å². The van der Waals surface area contributed by atoms with Crippen LogP contribution in [0.15, 0.2) is 60.2 Å². The smallest absolute Gasteiger partial charge is 0.317 e. The standard InChI is InChI=1S/C31H34N4O5/c1-6-39-30(37)24-22(18-11-9-8-10-12-18)26(31(38)40-7-2)28(36)25-23(24)21-17(3)33-34-29(21)32-27(25)19-13-15-20(16-14-19)35(4)5/h8-16,22,24,26-27H,6-7H2,1-5H3,(H2,32,33,34)/t22-,24-,26-,27+/m0/s1. The number of ether oxygens (including phenoxy) is 2. The number of H-pyrrole nitrogens is 1. The molecule has 0 radical (unpaired) electrons. The van der Waals surface area contributed by atoms with Crippen molar-refractivity contribution in [3.63, 3.8) is 0 Å². The number of nitrogens with one attached hydrogen (secondary N) is 2. The predicted molar refractivity (Wildman–Crippen MR) is 152 cm³/mol. The molecule has 9 heteroatoms. The number of fused-ring (bicyclic) bond motifs is 2. The monoisotopic (exact) mass is 542 g/mol. The van der Waals surface area contributed by atoms with Gasteiger partial charge < -0.3 is 19.7 Å². The molecule has 9 nitrogen and oxygen atoms in total. The van der Waals surface area contributed by atoms with E-state index in [1.54, 1.807) is 13.8 Å². The van der Waals surface area contributed by atoms with Crippen LogP contribution in [-0.4, -0.2) is 55.2 Å². The molecule has 0 spiro atoms. The number of aromatic amines is 1. The van der Waals surface area contributed by atoms with E-state index < -0.39 is 35.7 Å². The molecule has 5 rings (SSSR count). The molecule has 0 unspecified atom stereocenters. The van der Waals surface area contributed by atoms with E-state index in [0.717, 1.165) is 11.3 Å². The molecule has 208 valence electrons. The Balaban J connectivity index is 1.81. The number of benzene rings is 2. The number of ketones is 1. The molecular weight excluding hydrogens is 508 g/mol. The number of hydrogen-bond acceptors (Lipinski definition) is 8. The van der Waals surface area contributed by atoms with Gasteiger partial charge in [-0.1, -0.05) is 42.5 Å². The number of hydrogen-bond donors (Lipinski definition) is 2. The Morgan fingerprint density at radius 1 is 0.875 bits per heavy atom. The molecule has 0 saturated heterocycles. The van der Waals surface area contributed by atoms with Crippen molar-refractivity contribution in [1.29, 1.82) is 0 Å². The average Bonchev–Trinajstić information content (AvgIpc) is 3.33. The van der Waals surface area contributed by atoms with Gasteiger partial charge in [-0.3, -0.25) is 19.5 Å². The molecule has 0 fully saturated rings. The maximum atomic E-state index is 14.6. The lowest BCUT2D eigenvalue weighted by molar-refractivity contribution is -0.154. The van der Waals surface area contributed by atoms with Crippen molar-refractivity contribution < 1.29 is 23.9 Å². The number of rotatable bonds is 7. The minimum absolute atomic E-state index is 0.110. The third-order valence-corrected chi connectivity index (χ3v) is 7.66. The summed E-state index contributed by atoms with van der Waals surface area (Å²) in [6.07, 6.45) is 0. The van der Waals surface area contributed by atoms with Crippen LogP contribution in [0.1, 0.15) is 48.2 Å². The first-order valence-electron chi connectivity index (χ1n) is 13.5. The first kappa shape index (κ1) is 27.2. The number of carbonyl (C=O) groups is 3. The van der Waals surface area contributed by atoms with Crippen LogP contribution < -0.4 is 10.2 Å². The van der Waals surface area contributed by atoms with Crippen LogP contribution in [-0.2, 0) is 23.9 Å². The topological polar surface area (TPSA) is 114 Å². The van der Waals surface area contributed by atoms with E-state index in [-0.39, 0.29) is 19.0 Å². The highest BCUT2D eigenvalue weighted by molar-refractivity contribution is 6.19. The Kier molecular flexibility index (Phi) is 7.47. The Morgan fingerprint density at radius 3 is 2.10 bits per heavy atom. The van der Waals surface area contributed by atoms with Crippen LogP contribution in [0.4, 0.5) is 11.5 Å². The van der Waals surface area contributed by atoms with E-state index in [2.05, 4.69) is 15.5 Å². The fraction of sp³-hybridized carbons (Fsp3) is 0.355. The van der Waals surface area contributed by atoms with Crippen LogP contribution in [0.2, 0.25) is 0 Å². The number of carbonyl (C=O) groups excluding carboxylic acids is 3. The fourth-order valence-electron chi connectivity index (χ4n) is 5.92. The summed E-state index contributed by atoms with van der Waals surface area (Å²) in [6.45, 7) is 5.56. The van der Waals surface area contributed by atoms with Gasteiger partial charge in [-0.15, -0.1) is 0 Å². The quantitative estimate of drug-likeness (QED) is 0.333. The molecule has 2 N–H and O–H groups in total. The number of nitrogens with zero attached hydrogens (tertiary/aromatic N) is 2. The minimum Gasteiger partial charge on any atom is -0.466 e. The van der Waals surface area contributed by atoms with Gasteiger partial charge in [-0.25, -0.2) is 0 Å². The van der Waals surface area contributed by atoms with E-state index in [1.807, 2.05) is 80.5 Å². The Hall–Kier alpha value is -4.40. The third kappa shape index (κ3) is 4.55. The molecule has 40 heavy (non-hydrogen) atoms. The van der Waals surface area contributed by atoms with E-state index in [4.69, 9.17) is 9.47 Å². The van der Waals surface area contributed by atoms with Gasteiger partial charge in [0.2, 0.25) is 0 Å². The second-order valence-corrected chi connectivity index (χ2v) is 10.2. The fourth-order valence-corrected chi connectivity index (χ4v) is 5.92. The van der Waals surface area contributed by atoms with Crippen LogP contribution in [0.5, 0.6) is 0 Å². The largest absolute Gasteiger partial charge is 0.466 e. The number of esters is 2. The molecular formula is C31H34N4O5. The van der Waals surface area contributed by atoms with Gasteiger partial charge in [0.05, 0.1) is 25.2 Å². The maximum Gasteiger partial charge on any atom is 0.317 e. The van der Waals surface area contributed by atoms with Crippen LogP contribution in [0.3, 0.4) is 0 Å². The van der Waals surface area contributed by atoms with E-state index in [1.165, 1.54) is 0 Å². The van der Waals surface area contributed by atoms with Crippen LogP contribution >= 0.6 is 0 Å². The summed E-state index contributed by atoms with van der Waals surface area (Å²) in [5, 5.41) is 10.9. The highest BCUT2D eigenvalue weighted by Crippen LogP contribution is 2.55. The zero-order valence-electron chi connectivity index (χ0n) is 23.4. The lowest BCUT2D eigenvalue weighted by Gasteiger charge is -2.42. The first-order chi connectivity index (χ1) is 19.3. The molecule has 2 heterocycles. The molecule has 2 aromatic carbocycles. The molecule has 1 aliphatic carbocycles. The number of aryl methyl sites for hydroxylation is 1. The van der Waals surface area contributed by atoms with Gasteiger partial charge in [0.1, 0.15) is 5.92 Å². The molecule has 2 aliphatic rings. The lowest BCUT2D eigenvalue weighted by Crippen LogP contribution is -2.46. The van der Waals surface area contributed by atoms with Gasteiger partial charge in [-0.05, 0) is 49.6 Å². The highest BCUT2D eigenvalue weighted by Gasteiger charge is 2.55. The molecule has 1 aliphatic heterocycles. The summed E-state index contributed by atoms with van der Waals surface area (Å²) in [5.41, 5.74) is 4.76. The van der Waals surface area contributed by atoms with Crippen molar-refractivity contribution in [2.45, 2.75) is 32.7 Å². The Labute approximate surface area is 233 Å². The van der Waals surface area contributed by atoms with E-state index in [9.17, 15) is 14.4 Å². The summed E-state index contributed by atoms with van der Waals surface area (Å²) >= 11 is 0. The van der Waals surface area contributed by atoms with Gasteiger partial charge in [0.25, 0.3) is 0 Å². The first-order valence-corrected chi connectivity index (χ1v) is 13.5. The van der Waals surface area contributed by atoms with Crippen molar-refractivity contribution in [2.24, 2.45) is 11.8 Å². The zero-order chi connectivity index (χ0) is 28.6. The van der Waals surface area contributed by atoms with Gasteiger partial charge in [-0.2, -0.15) is 5.10 Å². The normalized spacial score (nSPS) is 21.7. The molecule has 0 saturated carbocycles. The summed E-state index contributed by atoms with van der Waals surface area (Å²) < 4.78 is 11.1. The van der Waals surface area contributed by atoms with Crippen molar-refractivity contribution in [2.75, 3.05) is 37.5 Å². The maximum absolute atomic E-state index is 14.6. The van der Waals surface area contributed by atoms with Crippen molar-refractivity contribution >= 4 is 34.8 Å². The summed E-state index contributed by atoms with van der Waals surface area (Å²) in [4.78, 5) is 44.0. The average molecular weight is 543 g/mol. The summed E-state index contributed by atoms with van der Waals surface area (Å²) in [6, 6.07) is 16.4. The van der Waals surface area contributed by atoms with Gasteiger partial charge in [0.15, 0.2) is 11.6 Å². The van der Waals surface area contributed by atoms with Gasteiger partial charge >= 0.3 is 11.9 Å². The third-order valence-electron chi connectivity index (χ3n) is 7.66. The zero-order valence-corrected chi connectivity index (χ0v) is 23.4. The molecule has 4 atom stereocenters. The highest BCUT2D eigenvalue weighted by atomic mass is 16.5. The summed E-state index contributed by atoms with van der Waals surface area (Å²) in [7, 11) is 3.91. The molecule has 1 aromatic heterocycles. The molecule has 0 bridgehead atoms.